The molecule has 1 aliphatic heterocycles. The van der Waals surface area contributed by atoms with E-state index in [0.717, 1.165) is 32.9 Å². The minimum Gasteiger partial charge on any atom is -0.485 e. The minimum atomic E-state index is -0.141. The molecule has 5 nitrogen and oxygen atoms in total. The van der Waals surface area contributed by atoms with Crippen LogP contribution in [-0.2, 0) is 7.05 Å². The predicted octanol–water partition coefficient (Wildman–Crippen LogP) is 3.02. The fraction of sp³-hybridized carbons (Fsp3) is 0.400. The summed E-state index contributed by atoms with van der Waals surface area (Å²) in [7, 11) is 3.51. The van der Waals surface area contributed by atoms with Crippen LogP contribution in [0.2, 0.25) is 0 Å². The Kier molecular flexibility index (Phi) is 3.67. The number of hydrogen-bond acceptors (Lipinski definition) is 4. The van der Waals surface area contributed by atoms with E-state index in [1.165, 1.54) is 0 Å². The summed E-state index contributed by atoms with van der Waals surface area (Å²) in [5.41, 5.74) is 9.24. The summed E-state index contributed by atoms with van der Waals surface area (Å²) < 4.78 is 14.4. The smallest absolute Gasteiger partial charge is 0.218 e. The predicted molar refractivity (Wildman–Crippen MR) is 83.6 cm³/mol. The van der Waals surface area contributed by atoms with Gasteiger partial charge < -0.3 is 15.2 Å². The van der Waals surface area contributed by atoms with Crippen molar-refractivity contribution in [3.05, 3.63) is 39.5 Å². The highest BCUT2D eigenvalue weighted by Crippen LogP contribution is 2.43. The number of hydrogen-bond donors (Lipinski definition) is 1. The van der Waals surface area contributed by atoms with Gasteiger partial charge in [-0.05, 0) is 25.1 Å². The van der Waals surface area contributed by atoms with Crippen LogP contribution in [0.4, 0.5) is 0 Å². The highest BCUT2D eigenvalue weighted by atomic mass is 79.9. The van der Waals surface area contributed by atoms with Crippen LogP contribution < -0.4 is 15.2 Å². The SMILES string of the molecule is COc1c(C2CC(N)c3cc(Br)ccc3O2)c(C)nn1C. The van der Waals surface area contributed by atoms with Crippen LogP contribution in [0.1, 0.15) is 35.4 Å². The number of aryl methyl sites for hydroxylation is 2. The van der Waals surface area contributed by atoms with Crippen molar-refractivity contribution in [1.29, 1.82) is 0 Å². The Morgan fingerprint density at radius 1 is 1.48 bits per heavy atom. The van der Waals surface area contributed by atoms with Crippen LogP contribution in [0.5, 0.6) is 11.6 Å². The van der Waals surface area contributed by atoms with E-state index in [-0.39, 0.29) is 12.1 Å². The zero-order valence-electron chi connectivity index (χ0n) is 12.3. The Hall–Kier alpha value is -1.53. The molecule has 0 fully saturated rings. The lowest BCUT2D eigenvalue weighted by atomic mass is 9.93. The zero-order valence-corrected chi connectivity index (χ0v) is 13.8. The van der Waals surface area contributed by atoms with Crippen molar-refractivity contribution in [2.24, 2.45) is 12.8 Å². The van der Waals surface area contributed by atoms with Crippen molar-refractivity contribution in [2.45, 2.75) is 25.5 Å². The molecule has 1 aromatic heterocycles. The molecule has 1 aromatic carbocycles. The topological polar surface area (TPSA) is 62.3 Å². The summed E-state index contributed by atoms with van der Waals surface area (Å²) >= 11 is 3.47. The van der Waals surface area contributed by atoms with Gasteiger partial charge in [0.15, 0.2) is 0 Å². The van der Waals surface area contributed by atoms with Crippen molar-refractivity contribution in [2.75, 3.05) is 7.11 Å². The molecule has 0 saturated heterocycles. The van der Waals surface area contributed by atoms with Crippen molar-refractivity contribution >= 4 is 15.9 Å². The number of ether oxygens (including phenoxy) is 2. The van der Waals surface area contributed by atoms with Crippen LogP contribution in [0.3, 0.4) is 0 Å². The molecule has 0 bridgehead atoms. The molecule has 6 heteroatoms. The van der Waals surface area contributed by atoms with Gasteiger partial charge in [-0.1, -0.05) is 15.9 Å². The lowest BCUT2D eigenvalue weighted by molar-refractivity contribution is 0.156. The van der Waals surface area contributed by atoms with Gasteiger partial charge in [0.1, 0.15) is 11.9 Å². The Morgan fingerprint density at radius 2 is 2.24 bits per heavy atom. The van der Waals surface area contributed by atoms with Gasteiger partial charge >= 0.3 is 0 Å². The monoisotopic (exact) mass is 351 g/mol. The second-order valence-corrected chi connectivity index (χ2v) is 6.18. The fourth-order valence-corrected chi connectivity index (χ4v) is 3.30. The van der Waals surface area contributed by atoms with Gasteiger partial charge in [-0.2, -0.15) is 5.10 Å². The zero-order chi connectivity index (χ0) is 15.1. The Balaban J connectivity index is 2.02. The lowest BCUT2D eigenvalue weighted by Gasteiger charge is -2.30. The fourth-order valence-electron chi connectivity index (χ4n) is 2.92. The van der Waals surface area contributed by atoms with Crippen LogP contribution in [-0.4, -0.2) is 16.9 Å². The first kappa shape index (κ1) is 14.4. The number of methoxy groups -OCH3 is 1. The number of halogens is 1. The van der Waals surface area contributed by atoms with Crippen LogP contribution >= 0.6 is 15.9 Å². The number of aromatic nitrogens is 2. The number of rotatable bonds is 2. The van der Waals surface area contributed by atoms with E-state index < -0.39 is 0 Å². The van der Waals surface area contributed by atoms with E-state index in [4.69, 9.17) is 15.2 Å². The lowest BCUT2D eigenvalue weighted by Crippen LogP contribution is -2.24. The van der Waals surface area contributed by atoms with Gasteiger partial charge in [0.25, 0.3) is 0 Å². The molecule has 0 spiro atoms. The molecule has 112 valence electrons. The summed E-state index contributed by atoms with van der Waals surface area (Å²) in [5, 5.41) is 4.42. The van der Waals surface area contributed by atoms with E-state index >= 15 is 0 Å². The first-order valence-corrected chi connectivity index (χ1v) is 7.59. The molecule has 1 aliphatic rings. The molecular formula is C15H18BrN3O2. The third-order valence-corrected chi connectivity index (χ3v) is 4.33. The van der Waals surface area contributed by atoms with Crippen molar-refractivity contribution < 1.29 is 9.47 Å². The van der Waals surface area contributed by atoms with Crippen molar-refractivity contribution in [3.63, 3.8) is 0 Å². The summed E-state index contributed by atoms with van der Waals surface area (Å²) in [6, 6.07) is 5.86. The number of nitrogens with two attached hydrogens (primary N) is 1. The summed E-state index contributed by atoms with van der Waals surface area (Å²) in [6.07, 6.45) is 0.559. The van der Waals surface area contributed by atoms with Gasteiger partial charge in [0, 0.05) is 29.5 Å². The quantitative estimate of drug-likeness (QED) is 0.903. The second kappa shape index (κ2) is 5.35. The largest absolute Gasteiger partial charge is 0.485 e. The summed E-state index contributed by atoms with van der Waals surface area (Å²) in [6.45, 7) is 1.96. The van der Waals surface area contributed by atoms with Crippen molar-refractivity contribution in [3.8, 4) is 11.6 Å². The Morgan fingerprint density at radius 3 is 2.95 bits per heavy atom. The number of benzene rings is 1. The molecule has 2 N–H and O–H groups in total. The molecule has 3 rings (SSSR count). The molecule has 0 amide bonds. The third kappa shape index (κ3) is 2.42. The third-order valence-electron chi connectivity index (χ3n) is 3.84. The maximum absolute atomic E-state index is 6.32. The molecule has 0 aliphatic carbocycles. The molecule has 0 saturated carbocycles. The molecule has 0 radical (unpaired) electrons. The molecule has 2 aromatic rings. The average molecular weight is 352 g/mol. The van der Waals surface area contributed by atoms with E-state index in [2.05, 4.69) is 21.0 Å². The molecule has 2 heterocycles. The molecule has 21 heavy (non-hydrogen) atoms. The van der Waals surface area contributed by atoms with E-state index in [1.54, 1.807) is 11.8 Å². The van der Waals surface area contributed by atoms with Gasteiger partial charge in [-0.25, -0.2) is 4.68 Å². The maximum atomic E-state index is 6.32. The highest BCUT2D eigenvalue weighted by Gasteiger charge is 2.32. The van der Waals surface area contributed by atoms with Gasteiger partial charge in [0.05, 0.1) is 18.4 Å². The second-order valence-electron chi connectivity index (χ2n) is 5.26. The standard InChI is InChI=1S/C15H18BrN3O2/c1-8-14(15(20-3)19(2)18-8)13-7-11(17)10-6-9(16)4-5-12(10)21-13/h4-6,11,13H,7,17H2,1-3H3. The number of fused-ring (bicyclic) bond motifs is 1. The van der Waals surface area contributed by atoms with Gasteiger partial charge in [-0.15, -0.1) is 0 Å². The van der Waals surface area contributed by atoms with Crippen LogP contribution in [0.25, 0.3) is 0 Å². The van der Waals surface area contributed by atoms with E-state index in [1.807, 2.05) is 32.2 Å². The van der Waals surface area contributed by atoms with Crippen LogP contribution in [0, 0.1) is 6.92 Å². The molecular weight excluding hydrogens is 334 g/mol. The average Bonchev–Trinajstić information content (AvgIpc) is 2.73. The molecule has 2 unspecified atom stereocenters. The van der Waals surface area contributed by atoms with Gasteiger partial charge in [0.2, 0.25) is 5.88 Å². The minimum absolute atomic E-state index is 0.0689. The van der Waals surface area contributed by atoms with E-state index in [9.17, 15) is 0 Å². The van der Waals surface area contributed by atoms with Gasteiger partial charge in [-0.3, -0.25) is 0 Å². The molecule has 2 atom stereocenters. The summed E-state index contributed by atoms with van der Waals surface area (Å²) in [5.74, 6) is 1.55. The number of nitrogens with zero attached hydrogens (tertiary/aromatic N) is 2. The first-order valence-electron chi connectivity index (χ1n) is 6.80. The normalized spacial score (nSPS) is 20.8. The Bertz CT molecular complexity index is 684. The van der Waals surface area contributed by atoms with Crippen LogP contribution in [0.15, 0.2) is 22.7 Å². The highest BCUT2D eigenvalue weighted by molar-refractivity contribution is 9.10. The maximum Gasteiger partial charge on any atom is 0.218 e. The Labute approximate surface area is 132 Å². The summed E-state index contributed by atoms with van der Waals surface area (Å²) in [4.78, 5) is 0. The first-order chi connectivity index (χ1) is 10.0. The van der Waals surface area contributed by atoms with E-state index in [0.29, 0.717) is 6.42 Å². The van der Waals surface area contributed by atoms with Crippen molar-refractivity contribution in [1.82, 2.24) is 9.78 Å².